The molecule has 0 bridgehead atoms. The fraction of sp³-hybridized carbons (Fsp3) is 1.00. The van der Waals surface area contributed by atoms with Gasteiger partial charge in [0.15, 0.2) is 6.29 Å². The zero-order chi connectivity index (χ0) is 13.5. The second-order valence-electron chi connectivity index (χ2n) is 4.67. The van der Waals surface area contributed by atoms with Crippen LogP contribution in [0.3, 0.4) is 0 Å². The van der Waals surface area contributed by atoms with E-state index in [1.54, 1.807) is 0 Å². The Labute approximate surface area is 107 Å². The van der Waals surface area contributed by atoms with Crippen molar-refractivity contribution < 1.29 is 29.9 Å². The Balaban J connectivity index is 2.45. The van der Waals surface area contributed by atoms with Crippen LogP contribution >= 0.6 is 0 Å². The molecule has 108 valence electrons. The van der Waals surface area contributed by atoms with Crippen LogP contribution in [-0.4, -0.2) is 64.3 Å². The smallest absolute Gasteiger partial charge is 0.158 e. The molecule has 0 aromatic heterocycles. The predicted octanol–water partition coefficient (Wildman–Crippen LogP) is -0.617. The van der Waals surface area contributed by atoms with Crippen LogP contribution in [0.15, 0.2) is 0 Å². The van der Waals surface area contributed by atoms with Gasteiger partial charge in [0.05, 0.1) is 13.2 Å². The molecule has 0 aliphatic carbocycles. The standard InChI is InChI=1S/C12H24O6/c1-2-3-4-5-10-17-7-9(15)12(18-10)11(16)8(14)6-13/h8-16H,2-7H2,1H3. The van der Waals surface area contributed by atoms with Crippen LogP contribution in [0.5, 0.6) is 0 Å². The molecule has 1 fully saturated rings. The lowest BCUT2D eigenvalue weighted by Crippen LogP contribution is -2.54. The van der Waals surface area contributed by atoms with E-state index >= 15 is 0 Å². The predicted molar refractivity (Wildman–Crippen MR) is 63.9 cm³/mol. The van der Waals surface area contributed by atoms with Gasteiger partial charge in [0.1, 0.15) is 24.4 Å². The zero-order valence-electron chi connectivity index (χ0n) is 10.7. The molecule has 0 radical (unpaired) electrons. The van der Waals surface area contributed by atoms with Crippen LogP contribution in [0.4, 0.5) is 0 Å². The summed E-state index contributed by atoms with van der Waals surface area (Å²) < 4.78 is 10.7. The monoisotopic (exact) mass is 264 g/mol. The van der Waals surface area contributed by atoms with E-state index in [-0.39, 0.29) is 6.61 Å². The SMILES string of the molecule is CCCCCC1OCC(O)C(C(O)C(O)CO)O1. The average molecular weight is 264 g/mol. The molecule has 1 heterocycles. The Hall–Kier alpha value is -0.240. The average Bonchev–Trinajstić information content (AvgIpc) is 2.39. The maximum atomic E-state index is 9.75. The van der Waals surface area contributed by atoms with Gasteiger partial charge in [-0.15, -0.1) is 0 Å². The third-order valence-corrected chi connectivity index (χ3v) is 3.10. The molecule has 0 aromatic carbocycles. The van der Waals surface area contributed by atoms with Crippen molar-refractivity contribution in [1.82, 2.24) is 0 Å². The normalized spacial score (nSPS) is 32.2. The molecule has 1 rings (SSSR count). The van der Waals surface area contributed by atoms with Gasteiger partial charge in [0.2, 0.25) is 0 Å². The molecular weight excluding hydrogens is 240 g/mol. The Morgan fingerprint density at radius 1 is 1.28 bits per heavy atom. The molecule has 0 aromatic rings. The van der Waals surface area contributed by atoms with Gasteiger partial charge in [-0.3, -0.25) is 0 Å². The molecule has 0 amide bonds. The van der Waals surface area contributed by atoms with Gasteiger partial charge in [-0.1, -0.05) is 19.8 Å². The molecular formula is C12H24O6. The lowest BCUT2D eigenvalue weighted by molar-refractivity contribution is -0.281. The second-order valence-corrected chi connectivity index (χ2v) is 4.67. The minimum Gasteiger partial charge on any atom is -0.394 e. The first-order valence-corrected chi connectivity index (χ1v) is 6.52. The van der Waals surface area contributed by atoms with E-state index in [2.05, 4.69) is 6.92 Å². The van der Waals surface area contributed by atoms with Crippen LogP contribution in [0.25, 0.3) is 0 Å². The van der Waals surface area contributed by atoms with Crippen LogP contribution < -0.4 is 0 Å². The van der Waals surface area contributed by atoms with Crippen molar-refractivity contribution >= 4 is 0 Å². The minimum atomic E-state index is -1.32. The fourth-order valence-electron chi connectivity index (χ4n) is 1.95. The lowest BCUT2D eigenvalue weighted by atomic mass is 10.0. The molecule has 4 N–H and O–H groups in total. The van der Waals surface area contributed by atoms with E-state index < -0.39 is 37.3 Å². The van der Waals surface area contributed by atoms with Gasteiger partial charge in [-0.25, -0.2) is 0 Å². The highest BCUT2D eigenvalue weighted by Gasteiger charge is 2.38. The van der Waals surface area contributed by atoms with E-state index in [1.807, 2.05) is 0 Å². The van der Waals surface area contributed by atoms with Gasteiger partial charge < -0.3 is 29.9 Å². The van der Waals surface area contributed by atoms with E-state index in [0.29, 0.717) is 6.42 Å². The molecule has 6 nitrogen and oxygen atoms in total. The Kier molecular flexibility index (Phi) is 7.06. The van der Waals surface area contributed by atoms with Crippen molar-refractivity contribution in [2.45, 2.75) is 63.3 Å². The molecule has 6 heteroatoms. The molecule has 0 spiro atoms. The summed E-state index contributed by atoms with van der Waals surface area (Å²) >= 11 is 0. The Morgan fingerprint density at radius 2 is 2.00 bits per heavy atom. The number of aliphatic hydroxyl groups excluding tert-OH is 4. The molecule has 5 atom stereocenters. The summed E-state index contributed by atoms with van der Waals surface area (Å²) in [7, 11) is 0. The van der Waals surface area contributed by atoms with Gasteiger partial charge in [0.25, 0.3) is 0 Å². The van der Waals surface area contributed by atoms with Crippen molar-refractivity contribution in [2.24, 2.45) is 0 Å². The summed E-state index contributed by atoms with van der Waals surface area (Å²) in [5, 5.41) is 37.6. The summed E-state index contributed by atoms with van der Waals surface area (Å²) in [4.78, 5) is 0. The molecule has 1 saturated heterocycles. The highest BCUT2D eigenvalue weighted by atomic mass is 16.7. The Bertz CT molecular complexity index is 225. The highest BCUT2D eigenvalue weighted by molar-refractivity contribution is 4.84. The quantitative estimate of drug-likeness (QED) is 0.458. The maximum absolute atomic E-state index is 9.75. The van der Waals surface area contributed by atoms with E-state index in [0.717, 1.165) is 19.3 Å². The molecule has 0 saturated carbocycles. The zero-order valence-corrected chi connectivity index (χ0v) is 10.7. The number of ether oxygens (including phenoxy) is 2. The molecule has 18 heavy (non-hydrogen) atoms. The summed E-state index contributed by atoms with van der Waals surface area (Å²) in [5.41, 5.74) is 0. The van der Waals surface area contributed by atoms with Gasteiger partial charge in [-0.2, -0.15) is 0 Å². The first kappa shape index (κ1) is 15.8. The largest absolute Gasteiger partial charge is 0.394 e. The third kappa shape index (κ3) is 4.46. The summed E-state index contributed by atoms with van der Waals surface area (Å²) in [6.07, 6.45) is -1.23. The van der Waals surface area contributed by atoms with Crippen LogP contribution in [0.1, 0.15) is 32.6 Å². The van der Waals surface area contributed by atoms with Crippen molar-refractivity contribution in [3.63, 3.8) is 0 Å². The first-order valence-electron chi connectivity index (χ1n) is 6.52. The summed E-state index contributed by atoms with van der Waals surface area (Å²) in [5.74, 6) is 0. The van der Waals surface area contributed by atoms with Crippen molar-refractivity contribution in [1.29, 1.82) is 0 Å². The summed E-state index contributed by atoms with van der Waals surface area (Å²) in [6.45, 7) is 1.59. The van der Waals surface area contributed by atoms with Crippen LogP contribution in [0.2, 0.25) is 0 Å². The number of unbranched alkanes of at least 4 members (excludes halogenated alkanes) is 2. The third-order valence-electron chi connectivity index (χ3n) is 3.10. The topological polar surface area (TPSA) is 99.4 Å². The van der Waals surface area contributed by atoms with Gasteiger partial charge in [0, 0.05) is 0 Å². The maximum Gasteiger partial charge on any atom is 0.158 e. The van der Waals surface area contributed by atoms with Gasteiger partial charge in [-0.05, 0) is 12.8 Å². The first-order chi connectivity index (χ1) is 8.60. The second kappa shape index (κ2) is 8.04. The molecule has 1 aliphatic rings. The number of rotatable bonds is 7. The Morgan fingerprint density at radius 3 is 2.61 bits per heavy atom. The van der Waals surface area contributed by atoms with E-state index in [4.69, 9.17) is 14.6 Å². The van der Waals surface area contributed by atoms with Crippen LogP contribution in [-0.2, 0) is 9.47 Å². The molecule has 5 unspecified atom stereocenters. The summed E-state index contributed by atoms with van der Waals surface area (Å²) in [6, 6.07) is 0. The number of hydrogen-bond donors (Lipinski definition) is 4. The van der Waals surface area contributed by atoms with Crippen LogP contribution in [0, 0.1) is 0 Å². The number of hydrogen-bond acceptors (Lipinski definition) is 6. The van der Waals surface area contributed by atoms with Crippen molar-refractivity contribution in [3.8, 4) is 0 Å². The highest BCUT2D eigenvalue weighted by Crippen LogP contribution is 2.21. The van der Waals surface area contributed by atoms with Crippen molar-refractivity contribution in [2.75, 3.05) is 13.2 Å². The van der Waals surface area contributed by atoms with E-state index in [1.165, 1.54) is 0 Å². The lowest BCUT2D eigenvalue weighted by Gasteiger charge is -2.37. The van der Waals surface area contributed by atoms with E-state index in [9.17, 15) is 15.3 Å². The number of aliphatic hydroxyl groups is 4. The van der Waals surface area contributed by atoms with Crippen molar-refractivity contribution in [3.05, 3.63) is 0 Å². The molecule has 1 aliphatic heterocycles. The fourth-order valence-corrected chi connectivity index (χ4v) is 1.95. The minimum absolute atomic E-state index is 0.0661. The van der Waals surface area contributed by atoms with Gasteiger partial charge >= 0.3 is 0 Å².